The molecule has 0 bridgehead atoms. The fourth-order valence-electron chi connectivity index (χ4n) is 3.05. The zero-order valence-corrected chi connectivity index (χ0v) is 17.3. The molecule has 1 aromatic carbocycles. The predicted molar refractivity (Wildman–Crippen MR) is 116 cm³/mol. The van der Waals surface area contributed by atoms with E-state index in [1.807, 2.05) is 29.6 Å². The molecule has 154 valence electrons. The van der Waals surface area contributed by atoms with Crippen LogP contribution in [-0.2, 0) is 17.9 Å². The monoisotopic (exact) mass is 423 g/mol. The molecule has 30 heavy (non-hydrogen) atoms. The quantitative estimate of drug-likeness (QED) is 0.466. The van der Waals surface area contributed by atoms with Gasteiger partial charge in [0.25, 0.3) is 5.56 Å². The molecule has 8 heteroatoms. The van der Waals surface area contributed by atoms with E-state index in [-0.39, 0.29) is 24.6 Å². The fourth-order valence-corrected chi connectivity index (χ4v) is 3.96. The fraction of sp³-hybridized carbons (Fsp3) is 0.227. The molecule has 0 aliphatic heterocycles. The number of carbonyl (C=O) groups is 1. The van der Waals surface area contributed by atoms with Crippen LogP contribution in [0.1, 0.15) is 19.1 Å². The van der Waals surface area contributed by atoms with Gasteiger partial charge in [-0.05, 0) is 36.2 Å². The molecular formula is C22H21N3O4S. The minimum absolute atomic E-state index is 0.110. The molecule has 4 aromatic rings. The smallest absolute Gasteiger partial charge is 0.263 e. The molecule has 1 N–H and O–H groups in total. The van der Waals surface area contributed by atoms with E-state index in [4.69, 9.17) is 9.15 Å². The number of ether oxygens (including phenoxy) is 1. The summed E-state index contributed by atoms with van der Waals surface area (Å²) in [6, 6.07) is 11.2. The van der Waals surface area contributed by atoms with E-state index in [9.17, 15) is 9.59 Å². The van der Waals surface area contributed by atoms with Gasteiger partial charge in [-0.1, -0.05) is 19.1 Å². The van der Waals surface area contributed by atoms with E-state index in [0.717, 1.165) is 23.3 Å². The van der Waals surface area contributed by atoms with Gasteiger partial charge in [0.2, 0.25) is 5.91 Å². The van der Waals surface area contributed by atoms with Gasteiger partial charge in [-0.15, -0.1) is 11.3 Å². The van der Waals surface area contributed by atoms with Crippen molar-refractivity contribution < 1.29 is 13.9 Å². The Kier molecular flexibility index (Phi) is 5.94. The summed E-state index contributed by atoms with van der Waals surface area (Å²) in [4.78, 5) is 30.3. The third-order valence-electron chi connectivity index (χ3n) is 4.55. The zero-order valence-electron chi connectivity index (χ0n) is 16.5. The SMILES string of the molecule is CCCOc1ccc(-c2csc3ncn(CC(=O)NCc4ccco4)c(=O)c23)cc1. The molecule has 0 aliphatic carbocycles. The van der Waals surface area contributed by atoms with Crippen molar-refractivity contribution >= 4 is 27.5 Å². The van der Waals surface area contributed by atoms with Crippen LogP contribution in [0.4, 0.5) is 0 Å². The normalized spacial score (nSPS) is 11.0. The second-order valence-corrected chi connectivity index (χ2v) is 7.59. The second kappa shape index (κ2) is 8.96. The summed E-state index contributed by atoms with van der Waals surface area (Å²) in [7, 11) is 0. The lowest BCUT2D eigenvalue weighted by atomic mass is 10.1. The molecular weight excluding hydrogens is 402 g/mol. The highest BCUT2D eigenvalue weighted by atomic mass is 32.1. The Hall–Kier alpha value is -3.39. The number of hydrogen-bond donors (Lipinski definition) is 1. The largest absolute Gasteiger partial charge is 0.494 e. The maximum Gasteiger partial charge on any atom is 0.263 e. The van der Waals surface area contributed by atoms with Crippen molar-refractivity contribution in [2.24, 2.45) is 0 Å². The van der Waals surface area contributed by atoms with Crippen LogP contribution in [0, 0.1) is 0 Å². The number of carbonyl (C=O) groups excluding carboxylic acids is 1. The lowest BCUT2D eigenvalue weighted by Gasteiger charge is -2.08. The van der Waals surface area contributed by atoms with Gasteiger partial charge in [-0.3, -0.25) is 14.2 Å². The van der Waals surface area contributed by atoms with Gasteiger partial charge in [-0.2, -0.15) is 0 Å². The standard InChI is InChI=1S/C22H21N3O4S/c1-2-9-28-16-7-5-15(6-8-16)18-13-30-21-20(18)22(27)25(14-24-21)12-19(26)23-11-17-4-3-10-29-17/h3-8,10,13-14H,2,9,11-12H2,1H3,(H,23,26). The summed E-state index contributed by atoms with van der Waals surface area (Å²) in [6.45, 7) is 2.88. The number of thiophene rings is 1. The molecule has 3 aromatic heterocycles. The van der Waals surface area contributed by atoms with Gasteiger partial charge in [0.15, 0.2) is 0 Å². The van der Waals surface area contributed by atoms with Gasteiger partial charge in [0.1, 0.15) is 22.9 Å². The van der Waals surface area contributed by atoms with Crippen LogP contribution in [-0.4, -0.2) is 22.1 Å². The second-order valence-electron chi connectivity index (χ2n) is 6.74. The van der Waals surface area contributed by atoms with Crippen molar-refractivity contribution in [3.8, 4) is 16.9 Å². The van der Waals surface area contributed by atoms with Gasteiger partial charge in [0.05, 0.1) is 31.1 Å². The van der Waals surface area contributed by atoms with Crippen LogP contribution >= 0.6 is 11.3 Å². The maximum atomic E-state index is 13.1. The number of fused-ring (bicyclic) bond motifs is 1. The van der Waals surface area contributed by atoms with Crippen LogP contribution in [0.15, 0.2) is 63.6 Å². The van der Waals surface area contributed by atoms with E-state index >= 15 is 0 Å². The summed E-state index contributed by atoms with van der Waals surface area (Å²) in [5.74, 6) is 1.16. The van der Waals surface area contributed by atoms with Crippen molar-refractivity contribution in [2.45, 2.75) is 26.4 Å². The van der Waals surface area contributed by atoms with Gasteiger partial charge < -0.3 is 14.5 Å². The van der Waals surface area contributed by atoms with Crippen LogP contribution in [0.2, 0.25) is 0 Å². The summed E-state index contributed by atoms with van der Waals surface area (Å²) in [5.41, 5.74) is 1.47. The molecule has 0 atom stereocenters. The van der Waals surface area contributed by atoms with E-state index < -0.39 is 0 Å². The Morgan fingerprint density at radius 3 is 2.83 bits per heavy atom. The Morgan fingerprint density at radius 2 is 2.10 bits per heavy atom. The Morgan fingerprint density at radius 1 is 1.27 bits per heavy atom. The molecule has 3 heterocycles. The first-order valence-electron chi connectivity index (χ1n) is 9.64. The molecule has 0 fully saturated rings. The predicted octanol–water partition coefficient (Wildman–Crippen LogP) is 3.82. The van der Waals surface area contributed by atoms with Crippen molar-refractivity contribution in [3.63, 3.8) is 0 Å². The average Bonchev–Trinajstić information content (AvgIpc) is 3.43. The van der Waals surface area contributed by atoms with Crippen molar-refractivity contribution in [3.05, 3.63) is 70.5 Å². The minimum atomic E-state index is -0.288. The third-order valence-corrected chi connectivity index (χ3v) is 5.44. The number of amides is 1. The Labute approximate surface area is 176 Å². The number of aromatic nitrogens is 2. The van der Waals surface area contributed by atoms with E-state index in [1.54, 1.807) is 18.4 Å². The van der Waals surface area contributed by atoms with Crippen LogP contribution in [0.3, 0.4) is 0 Å². The highest BCUT2D eigenvalue weighted by Crippen LogP contribution is 2.31. The zero-order chi connectivity index (χ0) is 20.9. The minimum Gasteiger partial charge on any atom is -0.494 e. The summed E-state index contributed by atoms with van der Waals surface area (Å²) < 4.78 is 12.1. The van der Waals surface area contributed by atoms with Crippen LogP contribution < -0.4 is 15.6 Å². The van der Waals surface area contributed by atoms with Crippen molar-refractivity contribution in [1.82, 2.24) is 14.9 Å². The van der Waals surface area contributed by atoms with E-state index in [0.29, 0.717) is 22.6 Å². The number of benzene rings is 1. The molecule has 0 aliphatic rings. The summed E-state index contributed by atoms with van der Waals surface area (Å²) in [6.07, 6.45) is 3.90. The highest BCUT2D eigenvalue weighted by molar-refractivity contribution is 7.17. The van der Waals surface area contributed by atoms with Crippen LogP contribution in [0.5, 0.6) is 5.75 Å². The number of nitrogens with zero attached hydrogens (tertiary/aromatic N) is 2. The first-order valence-corrected chi connectivity index (χ1v) is 10.5. The molecule has 0 saturated heterocycles. The van der Waals surface area contributed by atoms with E-state index in [1.165, 1.54) is 22.2 Å². The number of rotatable bonds is 8. The molecule has 0 saturated carbocycles. The lowest BCUT2D eigenvalue weighted by molar-refractivity contribution is -0.122. The number of furan rings is 1. The first kappa shape index (κ1) is 19.9. The average molecular weight is 423 g/mol. The molecule has 0 unspecified atom stereocenters. The highest BCUT2D eigenvalue weighted by Gasteiger charge is 2.15. The molecule has 7 nitrogen and oxygen atoms in total. The summed E-state index contributed by atoms with van der Waals surface area (Å²) >= 11 is 1.41. The van der Waals surface area contributed by atoms with Crippen LogP contribution in [0.25, 0.3) is 21.3 Å². The molecule has 0 spiro atoms. The topological polar surface area (TPSA) is 86.4 Å². The van der Waals surface area contributed by atoms with Crippen molar-refractivity contribution in [1.29, 1.82) is 0 Å². The number of nitrogens with one attached hydrogen (secondary N) is 1. The Bertz CT molecular complexity index is 1190. The third kappa shape index (κ3) is 4.28. The Balaban J connectivity index is 1.56. The number of hydrogen-bond acceptors (Lipinski definition) is 6. The molecule has 0 radical (unpaired) electrons. The summed E-state index contributed by atoms with van der Waals surface area (Å²) in [5, 5.41) is 5.18. The van der Waals surface area contributed by atoms with Gasteiger partial charge in [0, 0.05) is 10.9 Å². The van der Waals surface area contributed by atoms with Crippen molar-refractivity contribution in [2.75, 3.05) is 6.61 Å². The van der Waals surface area contributed by atoms with Gasteiger partial charge >= 0.3 is 0 Å². The first-order chi connectivity index (χ1) is 14.7. The maximum absolute atomic E-state index is 13.1. The van der Waals surface area contributed by atoms with E-state index in [2.05, 4.69) is 17.2 Å². The van der Waals surface area contributed by atoms with Gasteiger partial charge in [-0.25, -0.2) is 4.98 Å². The molecule has 1 amide bonds. The lowest BCUT2D eigenvalue weighted by Crippen LogP contribution is -2.32. The molecule has 4 rings (SSSR count).